The summed E-state index contributed by atoms with van der Waals surface area (Å²) in [5.74, 6) is -0.532. The second-order valence-electron chi connectivity index (χ2n) is 4.89. The fourth-order valence-corrected chi connectivity index (χ4v) is 2.66. The number of amides is 1. The average Bonchev–Trinajstić information content (AvgIpc) is 2.55. The van der Waals surface area contributed by atoms with Crippen molar-refractivity contribution in [1.82, 2.24) is 5.32 Å². The van der Waals surface area contributed by atoms with Crippen molar-refractivity contribution in [3.63, 3.8) is 0 Å². The Labute approximate surface area is 94.7 Å². The monoisotopic (exact) mass is 226 g/mol. The molecule has 2 fully saturated rings. The summed E-state index contributed by atoms with van der Waals surface area (Å²) in [6, 6.07) is -0.684. The van der Waals surface area contributed by atoms with Gasteiger partial charge < -0.3 is 15.8 Å². The van der Waals surface area contributed by atoms with Gasteiger partial charge in [0.05, 0.1) is 7.11 Å². The van der Waals surface area contributed by atoms with Crippen molar-refractivity contribution in [2.75, 3.05) is 7.11 Å². The van der Waals surface area contributed by atoms with Gasteiger partial charge in [-0.2, -0.15) is 0 Å². The highest BCUT2D eigenvalue weighted by Gasteiger charge is 2.48. The predicted octanol–water partition coefficient (Wildman–Crippen LogP) is -0.0644. The van der Waals surface area contributed by atoms with Crippen molar-refractivity contribution in [3.8, 4) is 0 Å². The molecular weight excluding hydrogens is 208 g/mol. The van der Waals surface area contributed by atoms with Crippen molar-refractivity contribution in [3.05, 3.63) is 0 Å². The minimum absolute atomic E-state index is 0.0254. The summed E-state index contributed by atoms with van der Waals surface area (Å²) in [4.78, 5) is 22.9. The fraction of sp³-hybridized carbons (Fsp3) is 0.818. The molecule has 2 unspecified atom stereocenters. The van der Waals surface area contributed by atoms with Crippen LogP contribution in [0.25, 0.3) is 0 Å². The molecule has 1 heterocycles. The lowest BCUT2D eigenvalue weighted by molar-refractivity contribution is -0.142. The molecule has 1 aliphatic carbocycles. The van der Waals surface area contributed by atoms with Crippen LogP contribution in [-0.4, -0.2) is 30.6 Å². The molecule has 3 N–H and O–H groups in total. The number of carbonyl (C=O) groups is 2. The molecule has 2 atom stereocenters. The van der Waals surface area contributed by atoms with Crippen LogP contribution in [-0.2, 0) is 14.3 Å². The Morgan fingerprint density at radius 1 is 1.69 bits per heavy atom. The summed E-state index contributed by atoms with van der Waals surface area (Å²) < 4.78 is 4.55. The minimum atomic E-state index is -0.684. The van der Waals surface area contributed by atoms with Gasteiger partial charge >= 0.3 is 5.97 Å². The number of nitrogens with one attached hydrogen (secondary N) is 1. The molecule has 1 amide bonds. The quantitative estimate of drug-likeness (QED) is 0.660. The lowest BCUT2D eigenvalue weighted by Gasteiger charge is -2.38. The van der Waals surface area contributed by atoms with Crippen LogP contribution >= 0.6 is 0 Å². The Hall–Kier alpha value is -1.10. The van der Waals surface area contributed by atoms with Gasteiger partial charge in [0.2, 0.25) is 5.91 Å². The Balaban J connectivity index is 1.91. The van der Waals surface area contributed by atoms with Gasteiger partial charge in [-0.15, -0.1) is 0 Å². The number of methoxy groups -OCH3 is 1. The van der Waals surface area contributed by atoms with Crippen molar-refractivity contribution in [2.24, 2.45) is 11.7 Å². The summed E-state index contributed by atoms with van der Waals surface area (Å²) >= 11 is 0. The predicted molar refractivity (Wildman–Crippen MR) is 57.4 cm³/mol. The van der Waals surface area contributed by atoms with Gasteiger partial charge in [0.15, 0.2) is 0 Å². The van der Waals surface area contributed by atoms with E-state index in [4.69, 9.17) is 5.73 Å². The van der Waals surface area contributed by atoms with Crippen LogP contribution < -0.4 is 11.1 Å². The summed E-state index contributed by atoms with van der Waals surface area (Å²) in [5.41, 5.74) is 5.69. The first kappa shape index (κ1) is 11.4. The van der Waals surface area contributed by atoms with Crippen LogP contribution in [0.2, 0.25) is 0 Å². The summed E-state index contributed by atoms with van der Waals surface area (Å²) in [6.45, 7) is 0. The first-order valence-corrected chi connectivity index (χ1v) is 5.72. The van der Waals surface area contributed by atoms with Gasteiger partial charge in [0.25, 0.3) is 0 Å². The lowest BCUT2D eigenvalue weighted by atomic mass is 9.74. The summed E-state index contributed by atoms with van der Waals surface area (Å²) in [6.07, 6.45) is 4.50. The number of rotatable bonds is 3. The smallest absolute Gasteiger partial charge is 0.322 e. The van der Waals surface area contributed by atoms with E-state index >= 15 is 0 Å². The molecule has 2 rings (SSSR count). The van der Waals surface area contributed by atoms with Crippen molar-refractivity contribution in [1.29, 1.82) is 0 Å². The number of hydrogen-bond donors (Lipinski definition) is 2. The van der Waals surface area contributed by atoms with Crippen molar-refractivity contribution in [2.45, 2.75) is 43.7 Å². The molecule has 1 aliphatic heterocycles. The van der Waals surface area contributed by atoms with Gasteiger partial charge in [-0.05, 0) is 32.1 Å². The molecule has 90 valence electrons. The minimum Gasteiger partial charge on any atom is -0.468 e. The standard InChI is InChI=1S/C11H18N2O3/c1-16-10(15)8(12)5-7-6-11(3-2-4-11)13-9(7)14/h7-8H,2-6,12H2,1H3,(H,13,14). The van der Waals surface area contributed by atoms with E-state index in [1.54, 1.807) is 0 Å². The highest BCUT2D eigenvalue weighted by atomic mass is 16.5. The fourth-order valence-electron chi connectivity index (χ4n) is 2.66. The SMILES string of the molecule is COC(=O)C(N)CC1CC2(CCC2)NC1=O. The Morgan fingerprint density at radius 3 is 2.81 bits per heavy atom. The molecule has 0 radical (unpaired) electrons. The topological polar surface area (TPSA) is 81.4 Å². The van der Waals surface area contributed by atoms with Crippen LogP contribution in [0.3, 0.4) is 0 Å². The van der Waals surface area contributed by atoms with Gasteiger partial charge in [-0.25, -0.2) is 0 Å². The number of esters is 1. The molecule has 2 aliphatic rings. The lowest BCUT2D eigenvalue weighted by Crippen LogP contribution is -2.47. The number of carbonyl (C=O) groups excluding carboxylic acids is 2. The summed E-state index contributed by atoms with van der Waals surface area (Å²) in [7, 11) is 1.31. The molecule has 1 spiro atoms. The van der Waals surface area contributed by atoms with Crippen LogP contribution in [0.5, 0.6) is 0 Å². The first-order valence-electron chi connectivity index (χ1n) is 5.72. The zero-order valence-electron chi connectivity index (χ0n) is 9.49. The largest absolute Gasteiger partial charge is 0.468 e. The molecule has 0 aromatic heterocycles. The third-order valence-electron chi connectivity index (χ3n) is 3.75. The Bertz CT molecular complexity index is 312. The van der Waals surface area contributed by atoms with Gasteiger partial charge in [0, 0.05) is 11.5 Å². The maximum absolute atomic E-state index is 11.7. The van der Waals surface area contributed by atoms with Gasteiger partial charge in [-0.1, -0.05) is 0 Å². The van der Waals surface area contributed by atoms with Crippen molar-refractivity contribution >= 4 is 11.9 Å². The number of nitrogens with two attached hydrogens (primary N) is 1. The first-order chi connectivity index (χ1) is 7.56. The molecular formula is C11H18N2O3. The zero-order chi connectivity index (χ0) is 11.8. The molecule has 0 bridgehead atoms. The second kappa shape index (κ2) is 4.05. The van der Waals surface area contributed by atoms with E-state index in [2.05, 4.69) is 10.1 Å². The van der Waals surface area contributed by atoms with E-state index < -0.39 is 12.0 Å². The van der Waals surface area contributed by atoms with Crippen LogP contribution in [0.1, 0.15) is 32.1 Å². The maximum Gasteiger partial charge on any atom is 0.322 e. The summed E-state index contributed by atoms with van der Waals surface area (Å²) in [5, 5.41) is 3.03. The van der Waals surface area contributed by atoms with Gasteiger partial charge in [-0.3, -0.25) is 9.59 Å². The molecule has 16 heavy (non-hydrogen) atoms. The van der Waals surface area contributed by atoms with Gasteiger partial charge in [0.1, 0.15) is 6.04 Å². The number of ether oxygens (including phenoxy) is 1. The third-order valence-corrected chi connectivity index (χ3v) is 3.75. The molecule has 1 saturated carbocycles. The molecule has 0 aromatic rings. The normalized spacial score (nSPS) is 28.4. The molecule has 1 saturated heterocycles. The second-order valence-corrected chi connectivity index (χ2v) is 4.89. The molecule has 5 nitrogen and oxygen atoms in total. The zero-order valence-corrected chi connectivity index (χ0v) is 9.49. The Kier molecular flexibility index (Phi) is 2.88. The van der Waals surface area contributed by atoms with Crippen LogP contribution in [0.4, 0.5) is 0 Å². The maximum atomic E-state index is 11.7. The number of hydrogen-bond acceptors (Lipinski definition) is 4. The van der Waals surface area contributed by atoms with E-state index in [1.807, 2.05) is 0 Å². The van der Waals surface area contributed by atoms with Crippen LogP contribution in [0, 0.1) is 5.92 Å². The molecule has 5 heteroatoms. The van der Waals surface area contributed by atoms with E-state index in [0.717, 1.165) is 19.3 Å². The van der Waals surface area contributed by atoms with E-state index in [1.165, 1.54) is 13.5 Å². The van der Waals surface area contributed by atoms with E-state index in [-0.39, 0.29) is 17.4 Å². The molecule has 0 aromatic carbocycles. The third kappa shape index (κ3) is 1.91. The van der Waals surface area contributed by atoms with Crippen LogP contribution in [0.15, 0.2) is 0 Å². The highest BCUT2D eigenvalue weighted by molar-refractivity contribution is 5.84. The average molecular weight is 226 g/mol. The highest BCUT2D eigenvalue weighted by Crippen LogP contribution is 2.42. The van der Waals surface area contributed by atoms with Crippen molar-refractivity contribution < 1.29 is 14.3 Å². The van der Waals surface area contributed by atoms with E-state index in [9.17, 15) is 9.59 Å². The van der Waals surface area contributed by atoms with E-state index in [0.29, 0.717) is 6.42 Å². The Morgan fingerprint density at radius 2 is 2.38 bits per heavy atom.